The lowest BCUT2D eigenvalue weighted by Crippen LogP contribution is -2.40. The molecule has 1 aliphatic heterocycles. The van der Waals surface area contributed by atoms with Crippen LogP contribution in [-0.4, -0.2) is 35.0 Å². The summed E-state index contributed by atoms with van der Waals surface area (Å²) in [6.45, 7) is 0. The molecular formula is C12H14N2OS. The number of carbonyl (C=O) groups excluding carboxylic acids is 1. The summed E-state index contributed by atoms with van der Waals surface area (Å²) in [6.07, 6.45) is 0.473. The number of amides is 1. The molecule has 3 nitrogen and oxygen atoms in total. The molecule has 0 radical (unpaired) electrons. The van der Waals surface area contributed by atoms with Gasteiger partial charge in [0.05, 0.1) is 0 Å². The van der Waals surface area contributed by atoms with E-state index in [1.807, 2.05) is 44.4 Å². The van der Waals surface area contributed by atoms with E-state index in [0.29, 0.717) is 11.4 Å². The summed E-state index contributed by atoms with van der Waals surface area (Å²) in [4.78, 5) is 12.5. The highest BCUT2D eigenvalue weighted by Crippen LogP contribution is 2.30. The van der Waals surface area contributed by atoms with Gasteiger partial charge in [0.15, 0.2) is 0 Å². The van der Waals surface area contributed by atoms with Gasteiger partial charge in [0.1, 0.15) is 4.99 Å². The summed E-state index contributed by atoms with van der Waals surface area (Å²) in [5.41, 5.74) is 1.12. The van der Waals surface area contributed by atoms with Crippen LogP contribution in [0.15, 0.2) is 30.3 Å². The molecular weight excluding hydrogens is 220 g/mol. The van der Waals surface area contributed by atoms with Gasteiger partial charge in [0, 0.05) is 26.4 Å². The molecule has 0 spiro atoms. The quantitative estimate of drug-likeness (QED) is 0.729. The maximum atomic E-state index is 11.8. The fourth-order valence-electron chi connectivity index (χ4n) is 1.98. The van der Waals surface area contributed by atoms with Crippen LogP contribution < -0.4 is 0 Å². The molecule has 0 aliphatic carbocycles. The third-order valence-corrected chi connectivity index (χ3v) is 3.18. The van der Waals surface area contributed by atoms with Crippen LogP contribution in [0, 0.1) is 0 Å². The Morgan fingerprint density at radius 1 is 1.31 bits per heavy atom. The molecule has 1 atom stereocenters. The predicted octanol–water partition coefficient (Wildman–Crippen LogP) is 1.81. The number of hydrogen-bond acceptors (Lipinski definition) is 3. The molecule has 2 rings (SSSR count). The van der Waals surface area contributed by atoms with E-state index in [1.54, 1.807) is 10.0 Å². The van der Waals surface area contributed by atoms with E-state index >= 15 is 0 Å². The highest BCUT2D eigenvalue weighted by Gasteiger charge is 2.37. The fourth-order valence-corrected chi connectivity index (χ4v) is 2.47. The van der Waals surface area contributed by atoms with Crippen molar-refractivity contribution < 1.29 is 4.79 Å². The van der Waals surface area contributed by atoms with Crippen molar-refractivity contribution in [2.45, 2.75) is 12.3 Å². The fraction of sp³-hybridized carbons (Fsp3) is 0.333. The molecule has 84 valence electrons. The molecule has 1 aromatic rings. The summed E-state index contributed by atoms with van der Waals surface area (Å²) >= 11 is 5.36. The lowest BCUT2D eigenvalue weighted by molar-refractivity contribution is -0.133. The molecule has 1 amide bonds. The van der Waals surface area contributed by atoms with Crippen molar-refractivity contribution in [3.05, 3.63) is 35.9 Å². The smallest absolute Gasteiger partial charge is 0.243 e. The maximum absolute atomic E-state index is 11.8. The second-order valence-corrected chi connectivity index (χ2v) is 4.48. The van der Waals surface area contributed by atoms with Gasteiger partial charge < -0.3 is 0 Å². The minimum Gasteiger partial charge on any atom is -0.273 e. The van der Waals surface area contributed by atoms with Gasteiger partial charge >= 0.3 is 0 Å². The first-order chi connectivity index (χ1) is 7.61. The third-order valence-electron chi connectivity index (χ3n) is 2.72. The average molecular weight is 234 g/mol. The van der Waals surface area contributed by atoms with Gasteiger partial charge in [-0.25, -0.2) is 10.0 Å². The molecule has 1 unspecified atom stereocenters. The zero-order valence-corrected chi connectivity index (χ0v) is 10.2. The van der Waals surface area contributed by atoms with Crippen LogP contribution in [0.25, 0.3) is 0 Å². The van der Waals surface area contributed by atoms with Crippen molar-refractivity contribution in [2.75, 3.05) is 14.1 Å². The molecule has 16 heavy (non-hydrogen) atoms. The van der Waals surface area contributed by atoms with E-state index in [-0.39, 0.29) is 11.8 Å². The van der Waals surface area contributed by atoms with Crippen LogP contribution in [0.1, 0.15) is 17.9 Å². The second kappa shape index (κ2) is 4.31. The molecule has 1 heterocycles. The lowest BCUT2D eigenvalue weighted by atomic mass is 9.98. The van der Waals surface area contributed by atoms with Gasteiger partial charge in [0.25, 0.3) is 0 Å². The molecule has 0 N–H and O–H groups in total. The highest BCUT2D eigenvalue weighted by molar-refractivity contribution is 7.80. The summed E-state index contributed by atoms with van der Waals surface area (Å²) in [5, 5.41) is 3.32. The summed E-state index contributed by atoms with van der Waals surface area (Å²) < 4.78 is 0. The van der Waals surface area contributed by atoms with E-state index in [2.05, 4.69) is 0 Å². The second-order valence-electron chi connectivity index (χ2n) is 4.06. The van der Waals surface area contributed by atoms with E-state index in [1.165, 1.54) is 0 Å². The Kier molecular flexibility index (Phi) is 3.03. The first-order valence-corrected chi connectivity index (χ1v) is 5.61. The zero-order valence-electron chi connectivity index (χ0n) is 9.38. The molecule has 1 aromatic carbocycles. The molecule has 1 aliphatic rings. The van der Waals surface area contributed by atoms with Crippen molar-refractivity contribution in [1.82, 2.24) is 10.0 Å². The van der Waals surface area contributed by atoms with Crippen LogP contribution in [0.3, 0.4) is 0 Å². The standard InChI is InChI=1S/C12H14N2OS/c1-13(2)14-11(15)8-10(12(14)16)9-6-4-3-5-7-9/h3-7,10H,8H2,1-2H3. The Hall–Kier alpha value is -1.26. The Labute approximate surface area is 101 Å². The summed E-state index contributed by atoms with van der Waals surface area (Å²) in [5.74, 6) is 0.120. The molecule has 1 fully saturated rings. The van der Waals surface area contributed by atoms with Gasteiger partial charge in [-0.05, 0) is 5.56 Å². The van der Waals surface area contributed by atoms with Crippen LogP contribution in [0.2, 0.25) is 0 Å². The van der Waals surface area contributed by atoms with Gasteiger partial charge in [-0.1, -0.05) is 42.5 Å². The highest BCUT2D eigenvalue weighted by atomic mass is 32.1. The van der Waals surface area contributed by atoms with Crippen molar-refractivity contribution in [1.29, 1.82) is 0 Å². The van der Waals surface area contributed by atoms with E-state index in [4.69, 9.17) is 12.2 Å². The molecule has 0 bridgehead atoms. The van der Waals surface area contributed by atoms with Crippen molar-refractivity contribution in [2.24, 2.45) is 0 Å². The van der Waals surface area contributed by atoms with E-state index in [0.717, 1.165) is 5.56 Å². The number of benzene rings is 1. The van der Waals surface area contributed by atoms with Crippen LogP contribution in [0.5, 0.6) is 0 Å². The van der Waals surface area contributed by atoms with Gasteiger partial charge in [-0.15, -0.1) is 0 Å². The first-order valence-electron chi connectivity index (χ1n) is 5.20. The largest absolute Gasteiger partial charge is 0.273 e. The molecule has 0 saturated carbocycles. The van der Waals surface area contributed by atoms with E-state index in [9.17, 15) is 4.79 Å². The predicted molar refractivity (Wildman–Crippen MR) is 66.9 cm³/mol. The van der Waals surface area contributed by atoms with Crippen LogP contribution in [-0.2, 0) is 4.79 Å². The number of thiocarbonyl (C=S) groups is 1. The Morgan fingerprint density at radius 3 is 2.44 bits per heavy atom. The van der Waals surface area contributed by atoms with Gasteiger partial charge in [0.2, 0.25) is 5.91 Å². The molecule has 0 aromatic heterocycles. The number of nitrogens with zero attached hydrogens (tertiary/aromatic N) is 2. The minimum atomic E-state index is 0.0473. The van der Waals surface area contributed by atoms with Crippen molar-refractivity contribution >= 4 is 23.1 Å². The molecule has 1 saturated heterocycles. The average Bonchev–Trinajstić information content (AvgIpc) is 2.55. The number of hydrazine groups is 1. The maximum Gasteiger partial charge on any atom is 0.243 e. The summed E-state index contributed by atoms with van der Waals surface area (Å²) in [6, 6.07) is 9.95. The van der Waals surface area contributed by atoms with E-state index < -0.39 is 0 Å². The topological polar surface area (TPSA) is 23.6 Å². The minimum absolute atomic E-state index is 0.0473. The zero-order chi connectivity index (χ0) is 11.7. The van der Waals surface area contributed by atoms with Gasteiger partial charge in [-0.3, -0.25) is 4.79 Å². The summed E-state index contributed by atoms with van der Waals surface area (Å²) in [7, 11) is 3.66. The van der Waals surface area contributed by atoms with Crippen molar-refractivity contribution in [3.8, 4) is 0 Å². The lowest BCUT2D eigenvalue weighted by Gasteiger charge is -2.24. The van der Waals surface area contributed by atoms with Crippen LogP contribution >= 0.6 is 12.2 Å². The number of carbonyl (C=O) groups is 1. The number of hydrogen-bond donors (Lipinski definition) is 0. The van der Waals surface area contributed by atoms with Crippen LogP contribution in [0.4, 0.5) is 0 Å². The SMILES string of the molecule is CN(C)N1C(=O)CC(c2ccccc2)C1=S. The Bertz CT molecular complexity index is 416. The van der Waals surface area contributed by atoms with Gasteiger partial charge in [-0.2, -0.15) is 0 Å². The number of rotatable bonds is 2. The first kappa shape index (κ1) is 11.2. The normalized spacial score (nSPS) is 20.9. The Balaban J connectivity index is 2.28. The van der Waals surface area contributed by atoms with Crippen molar-refractivity contribution in [3.63, 3.8) is 0 Å². The molecule has 4 heteroatoms. The Morgan fingerprint density at radius 2 is 1.94 bits per heavy atom. The monoisotopic (exact) mass is 234 g/mol. The third kappa shape index (κ3) is 1.86.